The summed E-state index contributed by atoms with van der Waals surface area (Å²) in [6.45, 7) is 0.736. The fraction of sp³-hybridized carbons (Fsp3) is 0.353. The van der Waals surface area contributed by atoms with E-state index in [1.54, 1.807) is 31.4 Å². The van der Waals surface area contributed by atoms with Crippen molar-refractivity contribution < 1.29 is 22.7 Å². The number of nitrogens with zero attached hydrogens (tertiary/aromatic N) is 2. The summed E-state index contributed by atoms with van der Waals surface area (Å²) in [5, 5.41) is 9.82. The lowest BCUT2D eigenvalue weighted by atomic mass is 10.2. The maximum absolute atomic E-state index is 12.3. The minimum atomic E-state index is -3.33. The number of aromatic nitrogens is 2. The Kier molecular flexibility index (Phi) is 6.01. The number of carbonyl (C=O) groups is 2. The van der Waals surface area contributed by atoms with Gasteiger partial charge in [-0.05, 0) is 30.7 Å². The molecule has 0 saturated heterocycles. The molecule has 0 bridgehead atoms. The van der Waals surface area contributed by atoms with Crippen molar-refractivity contribution in [2.24, 2.45) is 0 Å². The number of fused-ring (bicyclic) bond motifs is 1. The maximum atomic E-state index is 12.3. The Morgan fingerprint density at radius 3 is 2.61 bits per heavy atom. The van der Waals surface area contributed by atoms with Gasteiger partial charge >= 0.3 is 11.8 Å². The molecule has 0 fully saturated rings. The highest BCUT2D eigenvalue weighted by atomic mass is 35.5. The van der Waals surface area contributed by atoms with Gasteiger partial charge in [0.05, 0.1) is 22.9 Å². The number of hydrogen-bond donors (Lipinski definition) is 2. The zero-order valence-corrected chi connectivity index (χ0v) is 16.6. The monoisotopic (exact) mass is 426 g/mol. The first kappa shape index (κ1) is 20.3. The Balaban J connectivity index is 1.85. The van der Waals surface area contributed by atoms with E-state index in [9.17, 15) is 18.0 Å². The fourth-order valence-electron chi connectivity index (χ4n) is 2.80. The minimum Gasteiger partial charge on any atom is -0.385 e. The molecular weight excluding hydrogens is 408 g/mol. The van der Waals surface area contributed by atoms with Crippen molar-refractivity contribution in [3.05, 3.63) is 40.5 Å². The SMILES string of the molecule is COCCCNC(=O)C(=O)Nc1c2c(nn1-c1ccc(Cl)cc1)CS(=O)(=O)C2. The van der Waals surface area contributed by atoms with Crippen LogP contribution in [0.3, 0.4) is 0 Å². The third kappa shape index (κ3) is 4.51. The van der Waals surface area contributed by atoms with Crippen molar-refractivity contribution >= 4 is 39.1 Å². The summed E-state index contributed by atoms with van der Waals surface area (Å²) in [6.07, 6.45) is 0.561. The molecule has 0 radical (unpaired) electrons. The first-order valence-electron chi connectivity index (χ1n) is 8.46. The van der Waals surface area contributed by atoms with Crippen LogP contribution in [0.1, 0.15) is 17.7 Å². The third-order valence-corrected chi connectivity index (χ3v) is 5.80. The lowest BCUT2D eigenvalue weighted by Gasteiger charge is -2.11. The summed E-state index contributed by atoms with van der Waals surface area (Å²) >= 11 is 5.91. The number of ether oxygens (including phenoxy) is 1. The molecule has 0 spiro atoms. The molecule has 0 unspecified atom stereocenters. The first-order chi connectivity index (χ1) is 13.3. The fourth-order valence-corrected chi connectivity index (χ4v) is 4.42. The van der Waals surface area contributed by atoms with Gasteiger partial charge in [0, 0.05) is 30.8 Å². The van der Waals surface area contributed by atoms with E-state index in [4.69, 9.17) is 16.3 Å². The zero-order chi connectivity index (χ0) is 20.3. The van der Waals surface area contributed by atoms with E-state index in [2.05, 4.69) is 15.7 Å². The van der Waals surface area contributed by atoms with E-state index in [1.165, 1.54) is 4.68 Å². The van der Waals surface area contributed by atoms with Gasteiger partial charge in [-0.2, -0.15) is 5.10 Å². The molecule has 0 saturated carbocycles. The number of carbonyl (C=O) groups excluding carboxylic acids is 2. The van der Waals surface area contributed by atoms with Crippen LogP contribution in [0, 0.1) is 0 Å². The van der Waals surface area contributed by atoms with Crippen LogP contribution in [0.4, 0.5) is 5.82 Å². The zero-order valence-electron chi connectivity index (χ0n) is 15.1. The molecule has 1 aliphatic rings. The van der Waals surface area contributed by atoms with E-state index in [0.717, 1.165) is 0 Å². The summed E-state index contributed by atoms with van der Waals surface area (Å²) in [5.41, 5.74) is 1.31. The molecule has 3 rings (SSSR count). The highest BCUT2D eigenvalue weighted by Crippen LogP contribution is 2.33. The number of anilines is 1. The van der Waals surface area contributed by atoms with Gasteiger partial charge in [-0.25, -0.2) is 13.1 Å². The number of nitrogens with one attached hydrogen (secondary N) is 2. The second-order valence-electron chi connectivity index (χ2n) is 6.25. The topological polar surface area (TPSA) is 119 Å². The number of methoxy groups -OCH3 is 1. The number of sulfone groups is 1. The van der Waals surface area contributed by atoms with E-state index < -0.39 is 21.7 Å². The van der Waals surface area contributed by atoms with Gasteiger partial charge in [0.25, 0.3) is 0 Å². The minimum absolute atomic E-state index is 0.162. The molecule has 1 aliphatic heterocycles. The van der Waals surface area contributed by atoms with Crippen LogP contribution in [0.15, 0.2) is 24.3 Å². The molecule has 11 heteroatoms. The maximum Gasteiger partial charge on any atom is 0.314 e. The molecule has 2 aromatic rings. The highest BCUT2D eigenvalue weighted by molar-refractivity contribution is 7.90. The lowest BCUT2D eigenvalue weighted by molar-refractivity contribution is -0.136. The predicted octanol–water partition coefficient (Wildman–Crippen LogP) is 1.05. The van der Waals surface area contributed by atoms with Gasteiger partial charge in [0.1, 0.15) is 5.82 Å². The number of hydrogen-bond acceptors (Lipinski definition) is 6. The van der Waals surface area contributed by atoms with Crippen molar-refractivity contribution in [3.8, 4) is 5.69 Å². The normalized spacial score (nSPS) is 14.5. The van der Waals surface area contributed by atoms with Crippen molar-refractivity contribution in [1.82, 2.24) is 15.1 Å². The largest absolute Gasteiger partial charge is 0.385 e. The molecule has 0 atom stereocenters. The van der Waals surface area contributed by atoms with Crippen LogP contribution < -0.4 is 10.6 Å². The van der Waals surface area contributed by atoms with Crippen LogP contribution in [0.5, 0.6) is 0 Å². The Hall–Kier alpha value is -2.43. The highest BCUT2D eigenvalue weighted by Gasteiger charge is 2.33. The Morgan fingerprint density at radius 1 is 1.21 bits per heavy atom. The Bertz CT molecular complexity index is 1000. The second-order valence-corrected chi connectivity index (χ2v) is 8.75. The van der Waals surface area contributed by atoms with Crippen LogP contribution in [-0.2, 0) is 35.7 Å². The summed E-state index contributed by atoms with van der Waals surface area (Å²) in [5.74, 6) is -2.03. The average molecular weight is 427 g/mol. The molecule has 2 amide bonds. The van der Waals surface area contributed by atoms with Gasteiger partial charge in [0.2, 0.25) is 0 Å². The number of halogens is 1. The van der Waals surface area contributed by atoms with Crippen LogP contribution in [0.25, 0.3) is 5.69 Å². The van der Waals surface area contributed by atoms with Crippen LogP contribution >= 0.6 is 11.6 Å². The van der Waals surface area contributed by atoms with Gasteiger partial charge in [-0.15, -0.1) is 0 Å². The second kappa shape index (κ2) is 8.29. The van der Waals surface area contributed by atoms with Crippen molar-refractivity contribution in [3.63, 3.8) is 0 Å². The standard InChI is InChI=1S/C17H19ClN4O5S/c1-27-8-2-7-19-16(23)17(24)20-15-13-9-28(25,26)10-14(13)21-22(15)12-5-3-11(18)4-6-12/h3-6H,2,7-10H2,1H3,(H,19,23)(H,20,24). The summed E-state index contributed by atoms with van der Waals surface area (Å²) < 4.78 is 30.2. The smallest absolute Gasteiger partial charge is 0.314 e. The van der Waals surface area contributed by atoms with E-state index >= 15 is 0 Å². The van der Waals surface area contributed by atoms with Crippen molar-refractivity contribution in [1.29, 1.82) is 0 Å². The van der Waals surface area contributed by atoms with Crippen molar-refractivity contribution in [2.45, 2.75) is 17.9 Å². The number of rotatable bonds is 6. The molecule has 28 heavy (non-hydrogen) atoms. The molecule has 2 N–H and O–H groups in total. The Labute approximate surface area is 166 Å². The molecule has 150 valence electrons. The predicted molar refractivity (Wildman–Crippen MR) is 103 cm³/mol. The van der Waals surface area contributed by atoms with Gasteiger partial charge in [0.15, 0.2) is 9.84 Å². The lowest BCUT2D eigenvalue weighted by Crippen LogP contribution is -2.36. The summed E-state index contributed by atoms with van der Waals surface area (Å²) in [6, 6.07) is 6.65. The quantitative estimate of drug-likeness (QED) is 0.526. The summed E-state index contributed by atoms with van der Waals surface area (Å²) in [7, 11) is -1.79. The van der Waals surface area contributed by atoms with Gasteiger partial charge < -0.3 is 15.4 Å². The van der Waals surface area contributed by atoms with E-state index in [0.29, 0.717) is 35.0 Å². The average Bonchev–Trinajstić information content (AvgIpc) is 3.12. The third-order valence-electron chi connectivity index (χ3n) is 4.11. The van der Waals surface area contributed by atoms with E-state index in [1.807, 2.05) is 0 Å². The Morgan fingerprint density at radius 2 is 1.93 bits per heavy atom. The molecule has 1 aromatic carbocycles. The van der Waals surface area contributed by atoms with Crippen molar-refractivity contribution in [2.75, 3.05) is 25.6 Å². The van der Waals surface area contributed by atoms with Crippen LogP contribution in [0.2, 0.25) is 5.02 Å². The van der Waals surface area contributed by atoms with E-state index in [-0.39, 0.29) is 23.9 Å². The number of benzene rings is 1. The number of amides is 2. The molecule has 2 heterocycles. The first-order valence-corrected chi connectivity index (χ1v) is 10.7. The summed E-state index contributed by atoms with van der Waals surface area (Å²) in [4.78, 5) is 24.3. The van der Waals surface area contributed by atoms with Gasteiger partial charge in [-0.1, -0.05) is 11.6 Å². The molecule has 0 aliphatic carbocycles. The van der Waals surface area contributed by atoms with Crippen LogP contribution in [-0.4, -0.2) is 50.3 Å². The molecule has 1 aromatic heterocycles. The molecular formula is C17H19ClN4O5S. The van der Waals surface area contributed by atoms with Gasteiger partial charge in [-0.3, -0.25) is 9.59 Å². The molecule has 9 nitrogen and oxygen atoms in total.